The standard InChI is InChI=1S/C20H31N3O2S/c1-15(2)21-19(24)13-23-11-9-18(10-12-23)22-20(25)16(3)26-14-17-7-5-4-6-8-17/h4-8,15-16,18H,9-14H2,1-3H3,(H,21,24)(H,22,25)/t16-/m0/s1. The summed E-state index contributed by atoms with van der Waals surface area (Å²) in [6.45, 7) is 8.05. The second kappa shape index (κ2) is 10.6. The molecule has 6 heteroatoms. The van der Waals surface area contributed by atoms with Gasteiger partial charge in [-0.15, -0.1) is 11.8 Å². The van der Waals surface area contributed by atoms with Crippen molar-refractivity contribution in [2.45, 2.75) is 56.7 Å². The summed E-state index contributed by atoms with van der Waals surface area (Å²) in [5.41, 5.74) is 1.24. The topological polar surface area (TPSA) is 61.4 Å². The Morgan fingerprint density at radius 3 is 2.42 bits per heavy atom. The number of rotatable bonds is 8. The molecule has 1 atom stereocenters. The second-order valence-corrected chi connectivity index (χ2v) is 8.55. The van der Waals surface area contributed by atoms with Gasteiger partial charge in [0.25, 0.3) is 0 Å². The van der Waals surface area contributed by atoms with Gasteiger partial charge in [0.15, 0.2) is 0 Å². The van der Waals surface area contributed by atoms with Crippen LogP contribution in [0.5, 0.6) is 0 Å². The van der Waals surface area contributed by atoms with E-state index in [-0.39, 0.29) is 29.1 Å². The van der Waals surface area contributed by atoms with Gasteiger partial charge >= 0.3 is 0 Å². The average molecular weight is 378 g/mol. The van der Waals surface area contributed by atoms with E-state index in [4.69, 9.17) is 0 Å². The third-order valence-corrected chi connectivity index (χ3v) is 5.68. The molecule has 0 saturated carbocycles. The molecular weight excluding hydrogens is 346 g/mol. The maximum absolute atomic E-state index is 12.4. The summed E-state index contributed by atoms with van der Waals surface area (Å²) < 4.78 is 0. The number of nitrogens with zero attached hydrogens (tertiary/aromatic N) is 1. The molecule has 0 unspecified atom stereocenters. The molecule has 1 aliphatic rings. The lowest BCUT2D eigenvalue weighted by molar-refractivity contribution is -0.124. The predicted octanol–water partition coefficient (Wildman–Crippen LogP) is 2.41. The highest BCUT2D eigenvalue weighted by Crippen LogP contribution is 2.18. The number of benzene rings is 1. The Hall–Kier alpha value is -1.53. The normalized spacial score (nSPS) is 17.1. The lowest BCUT2D eigenvalue weighted by atomic mass is 10.0. The molecule has 1 heterocycles. The summed E-state index contributed by atoms with van der Waals surface area (Å²) in [6, 6.07) is 10.6. The Morgan fingerprint density at radius 2 is 1.81 bits per heavy atom. The first-order valence-electron chi connectivity index (χ1n) is 9.41. The molecule has 26 heavy (non-hydrogen) atoms. The van der Waals surface area contributed by atoms with Crippen LogP contribution in [0.2, 0.25) is 0 Å². The molecule has 1 aromatic rings. The van der Waals surface area contributed by atoms with Crippen molar-refractivity contribution in [3.8, 4) is 0 Å². The lowest BCUT2D eigenvalue weighted by Crippen LogP contribution is -2.49. The molecule has 2 rings (SSSR count). The fraction of sp³-hybridized carbons (Fsp3) is 0.600. The molecular formula is C20H31N3O2S. The molecule has 0 bridgehead atoms. The Bertz CT molecular complexity index is 572. The van der Waals surface area contributed by atoms with Crippen molar-refractivity contribution in [1.82, 2.24) is 15.5 Å². The van der Waals surface area contributed by atoms with Gasteiger partial charge in [-0.3, -0.25) is 14.5 Å². The van der Waals surface area contributed by atoms with Gasteiger partial charge in [0, 0.05) is 30.9 Å². The monoisotopic (exact) mass is 377 g/mol. The first kappa shape index (κ1) is 20.8. The van der Waals surface area contributed by atoms with Gasteiger partial charge < -0.3 is 10.6 Å². The van der Waals surface area contributed by atoms with Gasteiger partial charge in [0.2, 0.25) is 11.8 Å². The molecule has 1 aromatic carbocycles. The van der Waals surface area contributed by atoms with Crippen LogP contribution in [0, 0.1) is 0 Å². The van der Waals surface area contributed by atoms with E-state index in [2.05, 4.69) is 27.7 Å². The Balaban J connectivity index is 1.66. The zero-order chi connectivity index (χ0) is 18.9. The fourth-order valence-electron chi connectivity index (χ4n) is 3.00. The minimum absolute atomic E-state index is 0.0648. The van der Waals surface area contributed by atoms with Crippen LogP contribution < -0.4 is 10.6 Å². The van der Waals surface area contributed by atoms with Gasteiger partial charge in [-0.25, -0.2) is 0 Å². The van der Waals surface area contributed by atoms with Crippen LogP contribution in [-0.4, -0.2) is 53.7 Å². The Morgan fingerprint density at radius 1 is 1.15 bits per heavy atom. The van der Waals surface area contributed by atoms with Crippen molar-refractivity contribution in [1.29, 1.82) is 0 Å². The molecule has 144 valence electrons. The predicted molar refractivity (Wildman–Crippen MR) is 108 cm³/mol. The molecule has 1 aliphatic heterocycles. The minimum atomic E-state index is -0.0648. The zero-order valence-electron chi connectivity index (χ0n) is 16.0. The molecule has 0 aromatic heterocycles. The molecule has 5 nitrogen and oxygen atoms in total. The summed E-state index contributed by atoms with van der Waals surface area (Å²) in [5, 5.41) is 6.03. The van der Waals surface area contributed by atoms with E-state index in [1.54, 1.807) is 11.8 Å². The number of likely N-dealkylation sites (tertiary alicyclic amines) is 1. The summed E-state index contributed by atoms with van der Waals surface area (Å²) in [5.74, 6) is 1.04. The van der Waals surface area contributed by atoms with Crippen LogP contribution in [0.1, 0.15) is 39.2 Å². The first-order valence-corrected chi connectivity index (χ1v) is 10.5. The number of carbonyl (C=O) groups is 2. The molecule has 1 fully saturated rings. The SMILES string of the molecule is CC(C)NC(=O)CN1CCC(NC(=O)[C@H](C)SCc2ccccc2)CC1. The number of hydrogen-bond acceptors (Lipinski definition) is 4. The van der Waals surface area contributed by atoms with Crippen molar-refractivity contribution in [2.75, 3.05) is 19.6 Å². The van der Waals surface area contributed by atoms with Crippen LogP contribution in [-0.2, 0) is 15.3 Å². The first-order chi connectivity index (χ1) is 12.4. The molecule has 0 spiro atoms. The van der Waals surface area contributed by atoms with Gasteiger partial charge in [0.05, 0.1) is 11.8 Å². The third-order valence-electron chi connectivity index (χ3n) is 4.46. The number of hydrogen-bond donors (Lipinski definition) is 2. The number of carbonyl (C=O) groups excluding carboxylic acids is 2. The Labute approximate surface area is 161 Å². The van der Waals surface area contributed by atoms with Crippen LogP contribution in [0.15, 0.2) is 30.3 Å². The number of piperidine rings is 1. The van der Waals surface area contributed by atoms with Gasteiger partial charge in [-0.2, -0.15) is 0 Å². The lowest BCUT2D eigenvalue weighted by Gasteiger charge is -2.32. The quantitative estimate of drug-likeness (QED) is 0.730. The van der Waals surface area contributed by atoms with E-state index in [0.29, 0.717) is 6.54 Å². The highest BCUT2D eigenvalue weighted by Gasteiger charge is 2.24. The summed E-state index contributed by atoms with van der Waals surface area (Å²) in [6.07, 6.45) is 1.80. The Kier molecular flexibility index (Phi) is 8.45. The smallest absolute Gasteiger partial charge is 0.234 e. The van der Waals surface area contributed by atoms with Gasteiger partial charge in [0.1, 0.15) is 0 Å². The van der Waals surface area contributed by atoms with Crippen LogP contribution in [0.3, 0.4) is 0 Å². The van der Waals surface area contributed by atoms with Gasteiger partial charge in [-0.1, -0.05) is 30.3 Å². The number of nitrogens with one attached hydrogen (secondary N) is 2. The van der Waals surface area contributed by atoms with Crippen LogP contribution in [0.25, 0.3) is 0 Å². The molecule has 2 amide bonds. The highest BCUT2D eigenvalue weighted by molar-refractivity contribution is 7.99. The number of thioether (sulfide) groups is 1. The van der Waals surface area contributed by atoms with E-state index < -0.39 is 0 Å². The molecule has 2 N–H and O–H groups in total. The number of amides is 2. The van der Waals surface area contributed by atoms with Crippen molar-refractivity contribution in [2.24, 2.45) is 0 Å². The van der Waals surface area contributed by atoms with Crippen LogP contribution >= 0.6 is 11.8 Å². The van der Waals surface area contributed by atoms with Crippen molar-refractivity contribution >= 4 is 23.6 Å². The summed E-state index contributed by atoms with van der Waals surface area (Å²) in [4.78, 5) is 26.4. The minimum Gasteiger partial charge on any atom is -0.353 e. The van der Waals surface area contributed by atoms with E-state index in [0.717, 1.165) is 31.7 Å². The van der Waals surface area contributed by atoms with Crippen molar-refractivity contribution < 1.29 is 9.59 Å². The largest absolute Gasteiger partial charge is 0.353 e. The third kappa shape index (κ3) is 7.38. The molecule has 1 saturated heterocycles. The van der Waals surface area contributed by atoms with E-state index in [1.807, 2.05) is 39.0 Å². The summed E-state index contributed by atoms with van der Waals surface area (Å²) >= 11 is 1.67. The maximum atomic E-state index is 12.4. The van der Waals surface area contributed by atoms with E-state index in [9.17, 15) is 9.59 Å². The highest BCUT2D eigenvalue weighted by atomic mass is 32.2. The van der Waals surface area contributed by atoms with E-state index >= 15 is 0 Å². The van der Waals surface area contributed by atoms with Gasteiger partial charge in [-0.05, 0) is 39.2 Å². The van der Waals surface area contributed by atoms with Crippen molar-refractivity contribution in [3.63, 3.8) is 0 Å². The average Bonchev–Trinajstić information content (AvgIpc) is 2.61. The summed E-state index contributed by atoms with van der Waals surface area (Å²) in [7, 11) is 0. The zero-order valence-corrected chi connectivity index (χ0v) is 16.8. The van der Waals surface area contributed by atoms with E-state index in [1.165, 1.54) is 5.56 Å². The molecule has 0 radical (unpaired) electrons. The van der Waals surface area contributed by atoms with Crippen LogP contribution in [0.4, 0.5) is 0 Å². The molecule has 0 aliphatic carbocycles. The maximum Gasteiger partial charge on any atom is 0.234 e. The fourth-order valence-corrected chi connectivity index (χ4v) is 3.85. The second-order valence-electron chi connectivity index (χ2n) is 7.22. The van der Waals surface area contributed by atoms with Crippen molar-refractivity contribution in [3.05, 3.63) is 35.9 Å².